The number of carbonyl (C=O) groups excluding carboxylic acids is 2. The van der Waals surface area contributed by atoms with Crippen molar-refractivity contribution < 1.29 is 9.59 Å². The highest BCUT2D eigenvalue weighted by atomic mass is 35.5. The van der Waals surface area contributed by atoms with Gasteiger partial charge in [-0.15, -0.1) is 12.4 Å². The minimum absolute atomic E-state index is 0. The van der Waals surface area contributed by atoms with Crippen molar-refractivity contribution in [2.75, 3.05) is 26.2 Å². The van der Waals surface area contributed by atoms with Crippen LogP contribution in [-0.2, 0) is 11.3 Å². The zero-order valence-electron chi connectivity index (χ0n) is 17.1. The number of carbonyl (C=O) groups is 2. The molecule has 2 amide bonds. The summed E-state index contributed by atoms with van der Waals surface area (Å²) in [5, 5.41) is 7.31. The molecule has 0 saturated carbocycles. The van der Waals surface area contributed by atoms with Gasteiger partial charge >= 0.3 is 0 Å². The minimum atomic E-state index is -0.158. The fourth-order valence-electron chi connectivity index (χ4n) is 3.66. The second kappa shape index (κ2) is 10.4. The van der Waals surface area contributed by atoms with Crippen LogP contribution in [0, 0.1) is 19.8 Å². The molecule has 29 heavy (non-hydrogen) atoms. The van der Waals surface area contributed by atoms with E-state index in [0.717, 1.165) is 29.8 Å². The minimum Gasteiger partial charge on any atom is -0.355 e. The number of benzene rings is 1. The normalized spacial score (nSPS) is 16.2. The maximum atomic E-state index is 12.9. The van der Waals surface area contributed by atoms with E-state index in [9.17, 15) is 9.59 Å². The molecule has 0 bridgehead atoms. The lowest BCUT2D eigenvalue weighted by atomic mass is 9.96. The number of aromatic nitrogens is 2. The zero-order chi connectivity index (χ0) is 20.1. The van der Waals surface area contributed by atoms with Crippen molar-refractivity contribution in [2.45, 2.75) is 33.2 Å². The molecule has 3 N–H and O–H groups in total. The number of hydrogen-bond acceptors (Lipinski definition) is 4. The Morgan fingerprint density at radius 3 is 2.59 bits per heavy atom. The van der Waals surface area contributed by atoms with Crippen LogP contribution in [0.15, 0.2) is 30.3 Å². The van der Waals surface area contributed by atoms with E-state index in [1.54, 1.807) is 4.90 Å². The number of amides is 2. The lowest BCUT2D eigenvalue weighted by molar-refractivity contribution is -0.126. The molecule has 0 radical (unpaired) electrons. The summed E-state index contributed by atoms with van der Waals surface area (Å²) < 4.78 is 1.96. The lowest BCUT2D eigenvalue weighted by Gasteiger charge is -2.32. The SMILES string of the molecule is Cc1cc(C)n(Cc2ccc(C(=O)N3CCCC(C(=O)NCCN)C3)cc2)n1.Cl. The molecule has 2 heterocycles. The van der Waals surface area contributed by atoms with Gasteiger partial charge in [0.25, 0.3) is 5.91 Å². The third-order valence-corrected chi connectivity index (χ3v) is 5.16. The molecule has 158 valence electrons. The van der Waals surface area contributed by atoms with E-state index in [2.05, 4.69) is 10.4 Å². The van der Waals surface area contributed by atoms with Crippen LogP contribution in [0.1, 0.15) is 40.2 Å². The second-order valence-electron chi connectivity index (χ2n) is 7.45. The highest BCUT2D eigenvalue weighted by molar-refractivity contribution is 5.94. The van der Waals surface area contributed by atoms with Crippen LogP contribution in [0.2, 0.25) is 0 Å². The Labute approximate surface area is 178 Å². The number of likely N-dealkylation sites (tertiary alicyclic amines) is 1. The summed E-state index contributed by atoms with van der Waals surface area (Å²) >= 11 is 0. The molecule has 1 aromatic carbocycles. The summed E-state index contributed by atoms with van der Waals surface area (Å²) in [5.41, 5.74) is 9.31. The van der Waals surface area contributed by atoms with Crippen LogP contribution in [0.5, 0.6) is 0 Å². The maximum Gasteiger partial charge on any atom is 0.253 e. The molecule has 1 atom stereocenters. The van der Waals surface area contributed by atoms with Gasteiger partial charge in [0, 0.05) is 37.4 Å². The number of nitrogens with one attached hydrogen (secondary N) is 1. The summed E-state index contributed by atoms with van der Waals surface area (Å²) in [6.45, 7) is 6.74. The van der Waals surface area contributed by atoms with E-state index < -0.39 is 0 Å². The number of hydrogen-bond donors (Lipinski definition) is 2. The first-order chi connectivity index (χ1) is 13.5. The van der Waals surface area contributed by atoms with Crippen LogP contribution >= 0.6 is 12.4 Å². The van der Waals surface area contributed by atoms with Crippen molar-refractivity contribution in [2.24, 2.45) is 11.7 Å². The van der Waals surface area contributed by atoms with Crippen molar-refractivity contribution in [3.8, 4) is 0 Å². The lowest BCUT2D eigenvalue weighted by Crippen LogP contribution is -2.46. The predicted molar refractivity (Wildman–Crippen MR) is 115 cm³/mol. The summed E-state index contributed by atoms with van der Waals surface area (Å²) in [4.78, 5) is 26.8. The molecule has 1 saturated heterocycles. The number of piperidine rings is 1. The molecule has 1 aromatic heterocycles. The molecule has 8 heteroatoms. The fraction of sp³-hybridized carbons (Fsp3) is 0.476. The summed E-state index contributed by atoms with van der Waals surface area (Å²) in [7, 11) is 0. The first-order valence-electron chi connectivity index (χ1n) is 9.85. The largest absolute Gasteiger partial charge is 0.355 e. The molecule has 1 aliphatic rings. The molecular formula is C21H30ClN5O2. The number of nitrogens with two attached hydrogens (primary N) is 1. The maximum absolute atomic E-state index is 12.9. The quantitative estimate of drug-likeness (QED) is 0.747. The first-order valence-corrected chi connectivity index (χ1v) is 9.85. The molecule has 3 rings (SSSR count). The zero-order valence-corrected chi connectivity index (χ0v) is 17.9. The van der Waals surface area contributed by atoms with E-state index in [1.807, 2.05) is 48.9 Å². The monoisotopic (exact) mass is 419 g/mol. The van der Waals surface area contributed by atoms with Gasteiger partial charge in [-0.05, 0) is 50.5 Å². The van der Waals surface area contributed by atoms with Crippen LogP contribution in [0.3, 0.4) is 0 Å². The average Bonchev–Trinajstić information content (AvgIpc) is 3.03. The highest BCUT2D eigenvalue weighted by Crippen LogP contribution is 2.19. The van der Waals surface area contributed by atoms with E-state index in [1.165, 1.54) is 0 Å². The Hall–Kier alpha value is -2.38. The Kier molecular flexibility index (Phi) is 8.22. The van der Waals surface area contributed by atoms with Crippen LogP contribution in [0.4, 0.5) is 0 Å². The standard InChI is InChI=1S/C21H29N5O2.ClH/c1-15-12-16(2)26(24-15)13-17-5-7-18(8-6-17)21(28)25-11-3-4-19(14-25)20(27)23-10-9-22;/h5-8,12,19H,3-4,9-11,13-14,22H2,1-2H3,(H,23,27);1H. The third kappa shape index (κ3) is 5.81. The van der Waals surface area contributed by atoms with Gasteiger partial charge in [0.2, 0.25) is 5.91 Å². The van der Waals surface area contributed by atoms with Crippen LogP contribution in [0.25, 0.3) is 0 Å². The van der Waals surface area contributed by atoms with Gasteiger partial charge in [0.05, 0.1) is 18.2 Å². The smallest absolute Gasteiger partial charge is 0.253 e. The number of nitrogens with zero attached hydrogens (tertiary/aromatic N) is 3. The molecule has 1 aliphatic heterocycles. The Morgan fingerprint density at radius 1 is 1.24 bits per heavy atom. The van der Waals surface area contributed by atoms with E-state index in [0.29, 0.717) is 38.3 Å². The molecule has 1 fully saturated rings. The molecule has 2 aromatic rings. The van der Waals surface area contributed by atoms with E-state index in [4.69, 9.17) is 5.73 Å². The Bertz CT molecular complexity index is 834. The van der Waals surface area contributed by atoms with Crippen molar-refractivity contribution in [1.29, 1.82) is 0 Å². The highest BCUT2D eigenvalue weighted by Gasteiger charge is 2.28. The molecule has 7 nitrogen and oxygen atoms in total. The van der Waals surface area contributed by atoms with Crippen LogP contribution in [-0.4, -0.2) is 52.7 Å². The van der Waals surface area contributed by atoms with Gasteiger partial charge in [0.15, 0.2) is 0 Å². The number of halogens is 1. The predicted octanol–water partition coefficient (Wildman–Crippen LogP) is 1.90. The Balaban J connectivity index is 0.00000300. The van der Waals surface area contributed by atoms with Crippen molar-refractivity contribution in [3.05, 3.63) is 52.8 Å². The summed E-state index contributed by atoms with van der Waals surface area (Å²) in [6.07, 6.45) is 1.64. The first kappa shape index (κ1) is 22.9. The number of aryl methyl sites for hydroxylation is 2. The molecule has 1 unspecified atom stereocenters. The van der Waals surface area contributed by atoms with E-state index in [-0.39, 0.29) is 30.1 Å². The molecule has 0 spiro atoms. The fourth-order valence-corrected chi connectivity index (χ4v) is 3.66. The van der Waals surface area contributed by atoms with Gasteiger partial charge in [-0.1, -0.05) is 12.1 Å². The van der Waals surface area contributed by atoms with Gasteiger partial charge in [-0.2, -0.15) is 5.10 Å². The summed E-state index contributed by atoms with van der Waals surface area (Å²) in [5.74, 6) is -0.188. The van der Waals surface area contributed by atoms with Gasteiger partial charge in [-0.3, -0.25) is 14.3 Å². The Morgan fingerprint density at radius 2 is 1.97 bits per heavy atom. The molecular weight excluding hydrogens is 390 g/mol. The molecule has 0 aliphatic carbocycles. The van der Waals surface area contributed by atoms with E-state index >= 15 is 0 Å². The third-order valence-electron chi connectivity index (χ3n) is 5.16. The van der Waals surface area contributed by atoms with Crippen LogP contribution < -0.4 is 11.1 Å². The van der Waals surface area contributed by atoms with Crippen molar-refractivity contribution in [3.63, 3.8) is 0 Å². The summed E-state index contributed by atoms with van der Waals surface area (Å²) in [6, 6.07) is 9.72. The van der Waals surface area contributed by atoms with Gasteiger partial charge in [0.1, 0.15) is 0 Å². The second-order valence-corrected chi connectivity index (χ2v) is 7.45. The van der Waals surface area contributed by atoms with Gasteiger partial charge in [-0.25, -0.2) is 0 Å². The average molecular weight is 420 g/mol. The van der Waals surface area contributed by atoms with Crippen molar-refractivity contribution in [1.82, 2.24) is 20.0 Å². The van der Waals surface area contributed by atoms with Gasteiger partial charge < -0.3 is 16.0 Å². The topological polar surface area (TPSA) is 93.2 Å². The number of rotatable bonds is 6. The van der Waals surface area contributed by atoms with Crippen molar-refractivity contribution >= 4 is 24.2 Å².